The van der Waals surface area contributed by atoms with Gasteiger partial charge in [0, 0.05) is 11.3 Å². The van der Waals surface area contributed by atoms with E-state index < -0.39 is 6.10 Å². The molecule has 1 aromatic heterocycles. The molecule has 4 rings (SSSR count). The number of ketones is 1. The summed E-state index contributed by atoms with van der Waals surface area (Å²) >= 11 is 7.58. The number of hydrogen-bond donors (Lipinski definition) is 0. The Hall–Kier alpha value is -3.49. The lowest BCUT2D eigenvalue weighted by Crippen LogP contribution is -2.12. The second-order valence-electron chi connectivity index (χ2n) is 7.48. The molecule has 0 amide bonds. The summed E-state index contributed by atoms with van der Waals surface area (Å²) in [5.41, 5.74) is 1.39. The highest BCUT2D eigenvalue weighted by atomic mass is 35.5. The van der Waals surface area contributed by atoms with Gasteiger partial charge in [-0.25, -0.2) is 0 Å². The van der Waals surface area contributed by atoms with Gasteiger partial charge in [-0.1, -0.05) is 53.7 Å². The summed E-state index contributed by atoms with van der Waals surface area (Å²) in [6.45, 7) is 1.88. The Kier molecular flexibility index (Phi) is 7.94. The summed E-state index contributed by atoms with van der Waals surface area (Å²) in [6.07, 6.45) is -0.446. The summed E-state index contributed by atoms with van der Waals surface area (Å²) < 4.78 is 18.6. The van der Waals surface area contributed by atoms with E-state index in [1.54, 1.807) is 37.4 Å². The van der Waals surface area contributed by atoms with E-state index >= 15 is 0 Å². The maximum atomic E-state index is 12.9. The van der Waals surface area contributed by atoms with Gasteiger partial charge in [-0.3, -0.25) is 9.36 Å². The number of ether oxygens (including phenoxy) is 3. The number of hydrogen-bond acceptors (Lipinski definition) is 7. The van der Waals surface area contributed by atoms with Crippen molar-refractivity contribution < 1.29 is 19.0 Å². The van der Waals surface area contributed by atoms with Gasteiger partial charge in [0.1, 0.15) is 5.75 Å². The first-order valence-corrected chi connectivity index (χ1v) is 12.2. The Morgan fingerprint density at radius 3 is 2.37 bits per heavy atom. The molecular formula is C26H24ClN3O4S. The first-order chi connectivity index (χ1) is 17.0. The van der Waals surface area contributed by atoms with Gasteiger partial charge in [0.05, 0.1) is 25.0 Å². The summed E-state index contributed by atoms with van der Waals surface area (Å²) in [6, 6.07) is 22.1. The lowest BCUT2D eigenvalue weighted by molar-refractivity contribution is 0.102. The van der Waals surface area contributed by atoms with Crippen LogP contribution in [0.4, 0.5) is 0 Å². The molecule has 35 heavy (non-hydrogen) atoms. The number of aromatic nitrogens is 3. The molecule has 7 nitrogen and oxygen atoms in total. The molecule has 1 atom stereocenters. The average molecular weight is 510 g/mol. The van der Waals surface area contributed by atoms with Gasteiger partial charge < -0.3 is 14.2 Å². The SMILES string of the molecule is COc1ccc(C(=O)CSc2nnc(C(C)Oc3ccccc3Cl)n2-c2ccccc2)cc1OC. The van der Waals surface area contributed by atoms with Crippen LogP contribution in [-0.2, 0) is 0 Å². The standard InChI is InChI=1S/C26H24ClN3O4S/c1-17(34-22-12-8-7-11-20(22)27)25-28-29-26(30(25)19-9-5-4-6-10-19)35-16-21(31)18-13-14-23(32-2)24(15-18)33-3/h4-15,17H,16H2,1-3H3. The van der Waals surface area contributed by atoms with E-state index in [0.717, 1.165) is 5.69 Å². The van der Waals surface area contributed by atoms with Gasteiger partial charge in [0.15, 0.2) is 34.4 Å². The zero-order valence-corrected chi connectivity index (χ0v) is 21.0. The van der Waals surface area contributed by atoms with Crippen LogP contribution in [0, 0.1) is 0 Å². The Morgan fingerprint density at radius 2 is 1.66 bits per heavy atom. The first kappa shape index (κ1) is 24.6. The molecule has 0 radical (unpaired) electrons. The molecule has 0 aliphatic rings. The second-order valence-corrected chi connectivity index (χ2v) is 8.83. The molecular weight excluding hydrogens is 486 g/mol. The minimum Gasteiger partial charge on any atom is -0.493 e. The number of rotatable bonds is 10. The van der Waals surface area contributed by atoms with Crippen LogP contribution in [0.3, 0.4) is 0 Å². The van der Waals surface area contributed by atoms with Crippen molar-refractivity contribution in [2.75, 3.05) is 20.0 Å². The number of nitrogens with zero attached hydrogens (tertiary/aromatic N) is 3. The van der Waals surface area contributed by atoms with E-state index in [0.29, 0.717) is 38.8 Å². The number of halogens is 1. The Morgan fingerprint density at radius 1 is 0.943 bits per heavy atom. The smallest absolute Gasteiger partial charge is 0.196 e. The third-order valence-corrected chi connectivity index (χ3v) is 6.46. The van der Waals surface area contributed by atoms with Crippen LogP contribution < -0.4 is 14.2 Å². The quantitative estimate of drug-likeness (QED) is 0.190. The predicted octanol–water partition coefficient (Wildman–Crippen LogP) is 6.05. The van der Waals surface area contributed by atoms with Crippen molar-refractivity contribution in [3.63, 3.8) is 0 Å². The van der Waals surface area contributed by atoms with Gasteiger partial charge in [-0.15, -0.1) is 10.2 Å². The molecule has 0 fully saturated rings. The maximum absolute atomic E-state index is 12.9. The van der Waals surface area contributed by atoms with E-state index in [1.165, 1.54) is 18.9 Å². The normalized spacial score (nSPS) is 11.7. The Balaban J connectivity index is 1.59. The molecule has 0 saturated heterocycles. The molecule has 0 bridgehead atoms. The number of carbonyl (C=O) groups is 1. The van der Waals surface area contributed by atoms with E-state index in [2.05, 4.69) is 10.2 Å². The van der Waals surface area contributed by atoms with E-state index in [9.17, 15) is 4.79 Å². The molecule has 1 heterocycles. The van der Waals surface area contributed by atoms with Crippen molar-refractivity contribution in [3.05, 3.63) is 89.2 Å². The summed E-state index contributed by atoms with van der Waals surface area (Å²) in [5.74, 6) is 2.32. The molecule has 0 N–H and O–H groups in total. The molecule has 1 unspecified atom stereocenters. The van der Waals surface area contributed by atoms with Crippen molar-refractivity contribution >= 4 is 29.1 Å². The van der Waals surface area contributed by atoms with Crippen LogP contribution in [0.15, 0.2) is 78.0 Å². The topological polar surface area (TPSA) is 75.5 Å². The highest BCUT2D eigenvalue weighted by Crippen LogP contribution is 2.32. The molecule has 0 aliphatic heterocycles. The molecule has 0 spiro atoms. The van der Waals surface area contributed by atoms with Gasteiger partial charge in [-0.2, -0.15) is 0 Å². The minimum atomic E-state index is -0.446. The van der Waals surface area contributed by atoms with Crippen LogP contribution in [0.5, 0.6) is 17.2 Å². The minimum absolute atomic E-state index is 0.0690. The number of para-hydroxylation sites is 2. The second kappa shape index (κ2) is 11.3. The van der Waals surface area contributed by atoms with Crippen molar-refractivity contribution in [1.29, 1.82) is 0 Å². The third-order valence-electron chi connectivity index (χ3n) is 5.21. The number of thioether (sulfide) groups is 1. The predicted molar refractivity (Wildman–Crippen MR) is 136 cm³/mol. The van der Waals surface area contributed by atoms with Crippen LogP contribution in [0.2, 0.25) is 5.02 Å². The van der Waals surface area contributed by atoms with Crippen LogP contribution in [0.25, 0.3) is 5.69 Å². The number of benzene rings is 3. The van der Waals surface area contributed by atoms with Crippen LogP contribution in [-0.4, -0.2) is 40.5 Å². The van der Waals surface area contributed by atoms with Gasteiger partial charge in [0.25, 0.3) is 0 Å². The first-order valence-electron chi connectivity index (χ1n) is 10.8. The van der Waals surface area contributed by atoms with Crippen LogP contribution >= 0.6 is 23.4 Å². The molecule has 0 saturated carbocycles. The summed E-state index contributed by atoms with van der Waals surface area (Å²) in [5, 5.41) is 9.86. The molecule has 0 aliphatic carbocycles. The number of methoxy groups -OCH3 is 2. The van der Waals surface area contributed by atoms with Crippen molar-refractivity contribution in [1.82, 2.24) is 14.8 Å². The Bertz CT molecular complexity index is 1310. The summed E-state index contributed by atoms with van der Waals surface area (Å²) in [7, 11) is 3.09. The fourth-order valence-electron chi connectivity index (χ4n) is 3.46. The number of carbonyl (C=O) groups excluding carboxylic acids is 1. The maximum Gasteiger partial charge on any atom is 0.196 e. The fraction of sp³-hybridized carbons (Fsp3) is 0.192. The zero-order chi connectivity index (χ0) is 24.8. The number of Topliss-reactive ketones (excluding diaryl/α,β-unsaturated/α-hetero) is 1. The zero-order valence-electron chi connectivity index (χ0n) is 19.5. The highest BCUT2D eigenvalue weighted by molar-refractivity contribution is 7.99. The molecule has 4 aromatic rings. The average Bonchev–Trinajstić information content (AvgIpc) is 3.32. The van der Waals surface area contributed by atoms with Crippen molar-refractivity contribution in [2.24, 2.45) is 0 Å². The van der Waals surface area contributed by atoms with Crippen LogP contribution in [0.1, 0.15) is 29.2 Å². The van der Waals surface area contributed by atoms with Gasteiger partial charge >= 0.3 is 0 Å². The van der Waals surface area contributed by atoms with E-state index in [1.807, 2.05) is 54.0 Å². The largest absolute Gasteiger partial charge is 0.493 e. The molecule has 180 valence electrons. The van der Waals surface area contributed by atoms with Gasteiger partial charge in [0.2, 0.25) is 0 Å². The lowest BCUT2D eigenvalue weighted by atomic mass is 10.1. The van der Waals surface area contributed by atoms with Gasteiger partial charge in [-0.05, 0) is 49.4 Å². The highest BCUT2D eigenvalue weighted by Gasteiger charge is 2.22. The third kappa shape index (κ3) is 5.61. The lowest BCUT2D eigenvalue weighted by Gasteiger charge is -2.17. The molecule has 9 heteroatoms. The monoisotopic (exact) mass is 509 g/mol. The summed E-state index contributed by atoms with van der Waals surface area (Å²) in [4.78, 5) is 12.9. The van der Waals surface area contributed by atoms with E-state index in [-0.39, 0.29) is 11.5 Å². The van der Waals surface area contributed by atoms with Crippen molar-refractivity contribution in [3.8, 4) is 22.9 Å². The van der Waals surface area contributed by atoms with Crippen molar-refractivity contribution in [2.45, 2.75) is 18.2 Å². The Labute approximate surface area is 213 Å². The van der Waals surface area contributed by atoms with E-state index in [4.69, 9.17) is 25.8 Å². The molecule has 3 aromatic carbocycles. The fourth-order valence-corrected chi connectivity index (χ4v) is 4.50.